The summed E-state index contributed by atoms with van der Waals surface area (Å²) < 4.78 is 0. The molecule has 1 unspecified atom stereocenters. The summed E-state index contributed by atoms with van der Waals surface area (Å²) in [6, 6.07) is 5.74. The van der Waals surface area contributed by atoms with Crippen molar-refractivity contribution in [3.63, 3.8) is 0 Å². The van der Waals surface area contributed by atoms with Crippen LogP contribution < -0.4 is 0 Å². The van der Waals surface area contributed by atoms with Gasteiger partial charge in [0.1, 0.15) is 5.75 Å². The third kappa shape index (κ3) is 4.48. The molecule has 2 rings (SSSR count). The van der Waals surface area contributed by atoms with Crippen LogP contribution in [0.15, 0.2) is 47.6 Å². The van der Waals surface area contributed by atoms with E-state index in [1.54, 1.807) is 6.07 Å². The third-order valence-electron chi connectivity index (χ3n) is 5.02. The van der Waals surface area contributed by atoms with Crippen LogP contribution in [-0.4, -0.2) is 16.3 Å². The molecule has 0 aliphatic heterocycles. The molecular weight excluding hydrogens is 320 g/mol. The van der Waals surface area contributed by atoms with Crippen molar-refractivity contribution in [1.82, 2.24) is 0 Å². The van der Waals surface area contributed by atoms with Crippen LogP contribution in [0, 0.1) is 10.8 Å². The normalized spacial score (nSPS) is 20.9. The molecule has 1 aromatic rings. The molecular formula is C24H34O2. The Morgan fingerprint density at radius 3 is 2.12 bits per heavy atom. The monoisotopic (exact) mass is 354 g/mol. The Labute approximate surface area is 159 Å². The second kappa shape index (κ2) is 6.74. The summed E-state index contributed by atoms with van der Waals surface area (Å²) in [5.74, 6) is 0.339. The van der Waals surface area contributed by atoms with E-state index >= 15 is 0 Å². The van der Waals surface area contributed by atoms with Crippen LogP contribution in [0.3, 0.4) is 0 Å². The van der Waals surface area contributed by atoms with Crippen LogP contribution in [0.2, 0.25) is 0 Å². The summed E-state index contributed by atoms with van der Waals surface area (Å²) >= 11 is 0. The fourth-order valence-electron chi connectivity index (χ4n) is 3.38. The minimum absolute atomic E-state index is 0.0814. The number of hydrogen-bond acceptors (Lipinski definition) is 2. The highest BCUT2D eigenvalue weighted by Crippen LogP contribution is 2.41. The largest absolute Gasteiger partial charge is 0.508 e. The van der Waals surface area contributed by atoms with Gasteiger partial charge in [0.05, 0.1) is 6.10 Å². The molecule has 0 bridgehead atoms. The Morgan fingerprint density at radius 1 is 0.962 bits per heavy atom. The molecule has 1 aliphatic carbocycles. The van der Waals surface area contributed by atoms with Crippen LogP contribution in [-0.2, 0) is 5.41 Å². The first-order chi connectivity index (χ1) is 11.7. The SMILES string of the molecule is CC(C)(C)C1=CC(C=Cc2ccc(O)c(C(C)(C)C)c2)=CC(C)(C)C1O. The van der Waals surface area contributed by atoms with Gasteiger partial charge in [0, 0.05) is 5.41 Å². The Balaban J connectivity index is 2.40. The van der Waals surface area contributed by atoms with Gasteiger partial charge in [-0.25, -0.2) is 0 Å². The molecule has 2 nitrogen and oxygen atoms in total. The van der Waals surface area contributed by atoms with Crippen molar-refractivity contribution in [2.75, 3.05) is 0 Å². The van der Waals surface area contributed by atoms with E-state index in [-0.39, 0.29) is 16.2 Å². The highest BCUT2D eigenvalue weighted by Gasteiger charge is 2.36. The average Bonchev–Trinajstić information content (AvgIpc) is 2.47. The van der Waals surface area contributed by atoms with Crippen molar-refractivity contribution in [3.05, 3.63) is 58.7 Å². The molecule has 2 N–H and O–H groups in total. The predicted octanol–water partition coefficient (Wildman–Crippen LogP) is 6.00. The van der Waals surface area contributed by atoms with E-state index in [1.807, 2.05) is 12.1 Å². The van der Waals surface area contributed by atoms with Gasteiger partial charge in [-0.15, -0.1) is 0 Å². The van der Waals surface area contributed by atoms with Crippen LogP contribution in [0.4, 0.5) is 0 Å². The van der Waals surface area contributed by atoms with Crippen molar-refractivity contribution < 1.29 is 10.2 Å². The lowest BCUT2D eigenvalue weighted by molar-refractivity contribution is 0.0938. The lowest BCUT2D eigenvalue weighted by Gasteiger charge is -2.39. The van der Waals surface area contributed by atoms with Gasteiger partial charge in [-0.2, -0.15) is 0 Å². The summed E-state index contributed by atoms with van der Waals surface area (Å²) in [5, 5.41) is 20.9. The molecule has 0 saturated carbocycles. The number of aliphatic hydroxyl groups excluding tert-OH is 1. The van der Waals surface area contributed by atoms with Gasteiger partial charge >= 0.3 is 0 Å². The molecule has 0 amide bonds. The van der Waals surface area contributed by atoms with Gasteiger partial charge in [0.2, 0.25) is 0 Å². The number of rotatable bonds is 2. The fraction of sp³-hybridized carbons (Fsp3) is 0.500. The average molecular weight is 355 g/mol. The maximum Gasteiger partial charge on any atom is 0.119 e. The van der Waals surface area contributed by atoms with Crippen molar-refractivity contribution in [2.45, 2.75) is 66.9 Å². The third-order valence-corrected chi connectivity index (χ3v) is 5.02. The maximum absolute atomic E-state index is 10.7. The molecule has 142 valence electrons. The zero-order chi connectivity index (χ0) is 19.9. The van der Waals surface area contributed by atoms with Gasteiger partial charge in [0.15, 0.2) is 0 Å². The van der Waals surface area contributed by atoms with Crippen LogP contribution in [0.25, 0.3) is 6.08 Å². The summed E-state index contributed by atoms with van der Waals surface area (Å²) in [6.45, 7) is 16.9. The Morgan fingerprint density at radius 2 is 1.58 bits per heavy atom. The topological polar surface area (TPSA) is 40.5 Å². The highest BCUT2D eigenvalue weighted by atomic mass is 16.3. The number of aliphatic hydroxyl groups is 1. The molecule has 2 heteroatoms. The Kier molecular flexibility index (Phi) is 5.31. The number of hydrogen-bond donors (Lipinski definition) is 2. The summed E-state index contributed by atoms with van der Waals surface area (Å²) in [6.07, 6.45) is 7.94. The molecule has 26 heavy (non-hydrogen) atoms. The molecule has 0 radical (unpaired) electrons. The van der Waals surface area contributed by atoms with E-state index in [2.05, 4.69) is 79.7 Å². The van der Waals surface area contributed by atoms with Crippen molar-refractivity contribution in [3.8, 4) is 5.75 Å². The number of allylic oxidation sites excluding steroid dienone is 3. The molecule has 0 spiro atoms. The molecule has 0 fully saturated rings. The van der Waals surface area contributed by atoms with Crippen molar-refractivity contribution in [1.29, 1.82) is 0 Å². The van der Waals surface area contributed by atoms with E-state index in [1.165, 1.54) is 0 Å². The van der Waals surface area contributed by atoms with Crippen LogP contribution >= 0.6 is 0 Å². The summed E-state index contributed by atoms with van der Waals surface area (Å²) in [4.78, 5) is 0. The first kappa shape index (κ1) is 20.5. The zero-order valence-corrected chi connectivity index (χ0v) is 17.5. The molecule has 0 aromatic heterocycles. The summed E-state index contributed by atoms with van der Waals surface area (Å²) in [5.41, 5.74) is 3.68. The first-order valence-electron chi connectivity index (χ1n) is 9.36. The Bertz CT molecular complexity index is 762. The smallest absolute Gasteiger partial charge is 0.119 e. The standard InChI is InChI=1S/C24H34O2/c1-22(2,3)18-13-16(11-12-20(18)25)9-10-17-14-19(23(4,5)6)21(26)24(7,8)15-17/h9-15,21,25-26H,1-8H3. The minimum atomic E-state index is -0.471. The maximum atomic E-state index is 10.7. The van der Waals surface area contributed by atoms with Crippen LogP contribution in [0.5, 0.6) is 5.75 Å². The lowest BCUT2D eigenvalue weighted by Crippen LogP contribution is -2.36. The first-order valence-corrected chi connectivity index (χ1v) is 9.36. The second-order valence-corrected chi connectivity index (χ2v) is 10.1. The van der Waals surface area contributed by atoms with E-state index in [9.17, 15) is 10.2 Å². The van der Waals surface area contributed by atoms with Gasteiger partial charge in [0.25, 0.3) is 0 Å². The zero-order valence-electron chi connectivity index (χ0n) is 17.5. The second-order valence-electron chi connectivity index (χ2n) is 10.1. The van der Waals surface area contributed by atoms with Crippen molar-refractivity contribution in [2.24, 2.45) is 10.8 Å². The lowest BCUT2D eigenvalue weighted by atomic mass is 9.69. The van der Waals surface area contributed by atoms with Crippen LogP contribution in [0.1, 0.15) is 66.5 Å². The predicted molar refractivity (Wildman–Crippen MR) is 111 cm³/mol. The molecule has 0 heterocycles. The van der Waals surface area contributed by atoms with E-state index in [0.717, 1.165) is 22.3 Å². The van der Waals surface area contributed by atoms with Gasteiger partial charge in [-0.05, 0) is 45.2 Å². The highest BCUT2D eigenvalue weighted by molar-refractivity contribution is 5.59. The van der Waals surface area contributed by atoms with Gasteiger partial charge in [-0.1, -0.05) is 85.8 Å². The fourth-order valence-corrected chi connectivity index (χ4v) is 3.38. The molecule has 1 aliphatic rings. The minimum Gasteiger partial charge on any atom is -0.508 e. The molecule has 1 aromatic carbocycles. The number of phenols is 1. The van der Waals surface area contributed by atoms with Gasteiger partial charge < -0.3 is 10.2 Å². The molecule has 0 saturated heterocycles. The number of aromatic hydroxyl groups is 1. The quantitative estimate of drug-likeness (QED) is 0.683. The van der Waals surface area contributed by atoms with E-state index in [4.69, 9.17) is 0 Å². The Hall–Kier alpha value is -1.80. The number of phenolic OH excluding ortho intramolecular Hbond substituents is 1. The van der Waals surface area contributed by atoms with E-state index < -0.39 is 6.10 Å². The van der Waals surface area contributed by atoms with Crippen molar-refractivity contribution >= 4 is 6.08 Å². The molecule has 1 atom stereocenters. The van der Waals surface area contributed by atoms with Gasteiger partial charge in [-0.3, -0.25) is 0 Å². The van der Waals surface area contributed by atoms with E-state index in [0.29, 0.717) is 5.75 Å². The number of benzene rings is 1. The summed E-state index contributed by atoms with van der Waals surface area (Å²) in [7, 11) is 0.